The molecule has 0 spiro atoms. The van der Waals surface area contributed by atoms with Crippen LogP contribution in [0.3, 0.4) is 0 Å². The molecule has 0 aromatic carbocycles. The highest BCUT2D eigenvalue weighted by molar-refractivity contribution is 5.78. The van der Waals surface area contributed by atoms with Crippen LogP contribution in [0.5, 0.6) is 0 Å². The molecular weight excluding hydrogens is 248 g/mol. The van der Waals surface area contributed by atoms with Gasteiger partial charge in [-0.15, -0.1) is 0 Å². The molecule has 3 heteroatoms. The normalized spacial score (nSPS) is 32.6. The van der Waals surface area contributed by atoms with E-state index in [-0.39, 0.29) is 5.91 Å². The van der Waals surface area contributed by atoms with E-state index in [1.54, 1.807) is 0 Å². The van der Waals surface area contributed by atoms with Crippen molar-refractivity contribution in [1.29, 1.82) is 0 Å². The average molecular weight is 280 g/mol. The van der Waals surface area contributed by atoms with Crippen LogP contribution in [0.15, 0.2) is 0 Å². The first-order valence-electron chi connectivity index (χ1n) is 8.69. The van der Waals surface area contributed by atoms with Crippen LogP contribution in [0, 0.1) is 11.8 Å². The van der Waals surface area contributed by atoms with Crippen molar-refractivity contribution in [3.63, 3.8) is 0 Å². The van der Waals surface area contributed by atoms with E-state index in [9.17, 15) is 4.79 Å². The molecule has 0 heterocycles. The van der Waals surface area contributed by atoms with Gasteiger partial charge in [-0.3, -0.25) is 4.79 Å². The number of hydrogen-bond acceptors (Lipinski definition) is 2. The van der Waals surface area contributed by atoms with Gasteiger partial charge in [-0.1, -0.05) is 52.4 Å². The molecule has 0 aliphatic heterocycles. The minimum absolute atomic E-state index is 0.197. The Kier molecular flexibility index (Phi) is 6.34. The van der Waals surface area contributed by atoms with Gasteiger partial charge >= 0.3 is 0 Å². The van der Waals surface area contributed by atoms with Crippen molar-refractivity contribution < 1.29 is 4.79 Å². The molecule has 2 rings (SSSR count). The van der Waals surface area contributed by atoms with Crippen LogP contribution in [-0.2, 0) is 4.79 Å². The van der Waals surface area contributed by atoms with Crippen molar-refractivity contribution in [3.8, 4) is 0 Å². The van der Waals surface area contributed by atoms with Gasteiger partial charge in [0.05, 0.1) is 6.54 Å². The third-order valence-corrected chi connectivity index (χ3v) is 5.45. The summed E-state index contributed by atoms with van der Waals surface area (Å²) in [5, 5.41) is 6.72. The molecule has 0 radical (unpaired) electrons. The van der Waals surface area contributed by atoms with Crippen LogP contribution >= 0.6 is 0 Å². The maximum Gasteiger partial charge on any atom is 0.234 e. The molecule has 3 nitrogen and oxygen atoms in total. The van der Waals surface area contributed by atoms with E-state index < -0.39 is 0 Å². The number of nitrogens with one attached hydrogen (secondary N) is 2. The van der Waals surface area contributed by atoms with Gasteiger partial charge in [-0.2, -0.15) is 0 Å². The zero-order chi connectivity index (χ0) is 14.4. The predicted molar refractivity (Wildman–Crippen MR) is 83.6 cm³/mol. The van der Waals surface area contributed by atoms with Gasteiger partial charge in [-0.25, -0.2) is 0 Å². The highest BCUT2D eigenvalue weighted by atomic mass is 16.1. The number of hydrogen-bond donors (Lipinski definition) is 2. The molecule has 2 saturated carbocycles. The Bertz CT molecular complexity index is 297. The number of carbonyl (C=O) groups is 1. The second-order valence-corrected chi connectivity index (χ2v) is 7.01. The summed E-state index contributed by atoms with van der Waals surface area (Å²) < 4.78 is 0. The van der Waals surface area contributed by atoms with Crippen molar-refractivity contribution in [2.24, 2.45) is 11.8 Å². The second-order valence-electron chi connectivity index (χ2n) is 7.01. The minimum atomic E-state index is 0.197. The largest absolute Gasteiger partial charge is 0.352 e. The summed E-state index contributed by atoms with van der Waals surface area (Å²) in [7, 11) is 0. The molecule has 2 aliphatic carbocycles. The van der Waals surface area contributed by atoms with Gasteiger partial charge in [0, 0.05) is 12.1 Å². The summed E-state index contributed by atoms with van der Waals surface area (Å²) in [6.07, 6.45) is 11.4. The van der Waals surface area contributed by atoms with Gasteiger partial charge in [0.2, 0.25) is 5.91 Å². The fourth-order valence-electron chi connectivity index (χ4n) is 3.80. The summed E-state index contributed by atoms with van der Waals surface area (Å²) in [5.41, 5.74) is 0. The molecule has 0 saturated heterocycles. The molecule has 1 amide bonds. The smallest absolute Gasteiger partial charge is 0.234 e. The fraction of sp³-hybridized carbons (Fsp3) is 0.941. The molecular formula is C17H32N2O. The fourth-order valence-corrected chi connectivity index (χ4v) is 3.80. The van der Waals surface area contributed by atoms with Crippen molar-refractivity contribution in [2.75, 3.05) is 6.54 Å². The number of amides is 1. The molecule has 3 atom stereocenters. The molecule has 2 aliphatic rings. The lowest BCUT2D eigenvalue weighted by Crippen LogP contribution is -2.47. The van der Waals surface area contributed by atoms with Crippen LogP contribution in [0.1, 0.15) is 71.6 Å². The van der Waals surface area contributed by atoms with E-state index in [0.717, 1.165) is 5.92 Å². The van der Waals surface area contributed by atoms with Gasteiger partial charge in [0.1, 0.15) is 0 Å². The van der Waals surface area contributed by atoms with Gasteiger partial charge < -0.3 is 10.6 Å². The van der Waals surface area contributed by atoms with Crippen molar-refractivity contribution in [1.82, 2.24) is 10.6 Å². The molecule has 2 fully saturated rings. The minimum Gasteiger partial charge on any atom is -0.352 e. The topological polar surface area (TPSA) is 41.1 Å². The Balaban J connectivity index is 1.68. The number of carbonyl (C=O) groups excluding carboxylic acids is 1. The summed E-state index contributed by atoms with van der Waals surface area (Å²) >= 11 is 0. The maximum absolute atomic E-state index is 12.1. The Morgan fingerprint density at radius 3 is 2.35 bits per heavy atom. The molecule has 0 aromatic heterocycles. The Labute approximate surface area is 124 Å². The Hall–Kier alpha value is -0.570. The van der Waals surface area contributed by atoms with Gasteiger partial charge in [0.25, 0.3) is 0 Å². The third-order valence-electron chi connectivity index (χ3n) is 5.45. The highest BCUT2D eigenvalue weighted by Gasteiger charge is 2.27. The quantitative estimate of drug-likeness (QED) is 0.776. The van der Waals surface area contributed by atoms with E-state index in [0.29, 0.717) is 24.5 Å². The average Bonchev–Trinajstić information content (AvgIpc) is 2.69. The highest BCUT2D eigenvalue weighted by Crippen LogP contribution is 2.29. The van der Waals surface area contributed by atoms with Crippen LogP contribution in [-0.4, -0.2) is 24.5 Å². The SMILES string of the molecule is CC1CCCC(NCC(=O)NC2CCCCCC2)C1C. The van der Waals surface area contributed by atoms with E-state index >= 15 is 0 Å². The summed E-state index contributed by atoms with van der Waals surface area (Å²) in [6, 6.07) is 0.952. The first-order chi connectivity index (χ1) is 9.66. The summed E-state index contributed by atoms with van der Waals surface area (Å²) in [5.74, 6) is 1.67. The zero-order valence-corrected chi connectivity index (χ0v) is 13.3. The first kappa shape index (κ1) is 15.8. The van der Waals surface area contributed by atoms with Crippen LogP contribution < -0.4 is 10.6 Å². The summed E-state index contributed by atoms with van der Waals surface area (Å²) in [6.45, 7) is 5.16. The van der Waals surface area contributed by atoms with Crippen molar-refractivity contribution in [3.05, 3.63) is 0 Å². The molecule has 20 heavy (non-hydrogen) atoms. The van der Waals surface area contributed by atoms with Crippen molar-refractivity contribution in [2.45, 2.75) is 83.7 Å². The Morgan fingerprint density at radius 1 is 0.950 bits per heavy atom. The maximum atomic E-state index is 12.1. The lowest BCUT2D eigenvalue weighted by Gasteiger charge is -2.34. The predicted octanol–water partition coefficient (Wildman–Crippen LogP) is 3.24. The van der Waals surface area contributed by atoms with E-state index in [4.69, 9.17) is 0 Å². The molecule has 0 aromatic rings. The number of rotatable bonds is 4. The van der Waals surface area contributed by atoms with Crippen molar-refractivity contribution >= 4 is 5.91 Å². The van der Waals surface area contributed by atoms with E-state index in [1.807, 2.05) is 0 Å². The van der Waals surface area contributed by atoms with Crippen LogP contribution in [0.25, 0.3) is 0 Å². The van der Waals surface area contributed by atoms with Gasteiger partial charge in [0.15, 0.2) is 0 Å². The zero-order valence-electron chi connectivity index (χ0n) is 13.3. The molecule has 0 bridgehead atoms. The van der Waals surface area contributed by atoms with Crippen LogP contribution in [0.4, 0.5) is 0 Å². The second kappa shape index (κ2) is 8.02. The standard InChI is InChI=1S/C17H32N2O/c1-13-8-7-11-16(14(13)2)18-12-17(20)19-15-9-5-3-4-6-10-15/h13-16,18H,3-12H2,1-2H3,(H,19,20). The first-order valence-corrected chi connectivity index (χ1v) is 8.69. The lowest BCUT2D eigenvalue weighted by atomic mass is 9.78. The van der Waals surface area contributed by atoms with E-state index in [1.165, 1.54) is 57.8 Å². The van der Waals surface area contributed by atoms with E-state index in [2.05, 4.69) is 24.5 Å². The van der Waals surface area contributed by atoms with Crippen LogP contribution in [0.2, 0.25) is 0 Å². The monoisotopic (exact) mass is 280 g/mol. The third kappa shape index (κ3) is 4.76. The molecule has 116 valence electrons. The lowest BCUT2D eigenvalue weighted by molar-refractivity contribution is -0.121. The molecule has 3 unspecified atom stereocenters. The Morgan fingerprint density at radius 2 is 1.65 bits per heavy atom. The van der Waals surface area contributed by atoms with Gasteiger partial charge in [-0.05, 0) is 31.1 Å². The molecule has 2 N–H and O–H groups in total. The summed E-state index contributed by atoms with van der Waals surface area (Å²) in [4.78, 5) is 12.1.